The highest BCUT2D eigenvalue weighted by Crippen LogP contribution is 2.29. The third-order valence-electron chi connectivity index (χ3n) is 4.09. The number of nitrogens with one attached hydrogen (secondary N) is 1. The summed E-state index contributed by atoms with van der Waals surface area (Å²) in [7, 11) is 0. The fourth-order valence-corrected chi connectivity index (χ4v) is 3.69. The van der Waals surface area contributed by atoms with Crippen LogP contribution in [-0.4, -0.2) is 15.9 Å². The van der Waals surface area contributed by atoms with Gasteiger partial charge in [-0.3, -0.25) is 9.78 Å². The molecule has 0 aliphatic heterocycles. The molecule has 120 valence electrons. The summed E-state index contributed by atoms with van der Waals surface area (Å²) in [4.78, 5) is 21.2. The first-order valence-corrected chi connectivity index (χ1v) is 9.10. The number of pyridine rings is 2. The molecule has 1 saturated carbocycles. The molecule has 3 rings (SSSR count). The maximum absolute atomic E-state index is 12.4. The second kappa shape index (κ2) is 8.11. The fourth-order valence-electron chi connectivity index (χ4n) is 2.83. The number of hydrogen-bond donors (Lipinski definition) is 1. The molecule has 5 heteroatoms. The first-order chi connectivity index (χ1) is 11.3. The zero-order valence-electron chi connectivity index (χ0n) is 13.1. The number of amides is 1. The zero-order chi connectivity index (χ0) is 15.9. The number of carbonyl (C=O) groups excluding carboxylic acids is 1. The lowest BCUT2D eigenvalue weighted by Gasteiger charge is -2.21. The van der Waals surface area contributed by atoms with E-state index in [1.807, 2.05) is 30.3 Å². The summed E-state index contributed by atoms with van der Waals surface area (Å²) in [6, 6.07) is 9.67. The van der Waals surface area contributed by atoms with E-state index in [0.29, 0.717) is 0 Å². The molecule has 1 aliphatic carbocycles. The monoisotopic (exact) mass is 327 g/mol. The van der Waals surface area contributed by atoms with Crippen molar-refractivity contribution < 1.29 is 4.79 Å². The van der Waals surface area contributed by atoms with Crippen molar-refractivity contribution in [2.24, 2.45) is 5.92 Å². The highest BCUT2D eigenvalue weighted by molar-refractivity contribution is 7.98. The largest absolute Gasteiger partial charge is 0.324 e. The molecule has 1 N–H and O–H groups in total. The van der Waals surface area contributed by atoms with E-state index in [-0.39, 0.29) is 11.8 Å². The van der Waals surface area contributed by atoms with Crippen LogP contribution >= 0.6 is 11.8 Å². The van der Waals surface area contributed by atoms with Gasteiger partial charge >= 0.3 is 0 Å². The minimum atomic E-state index is 0.136. The summed E-state index contributed by atoms with van der Waals surface area (Å²) in [6.07, 6.45) is 9.13. The van der Waals surface area contributed by atoms with Crippen molar-refractivity contribution in [2.45, 2.75) is 42.9 Å². The molecule has 0 spiro atoms. The lowest BCUT2D eigenvalue weighted by atomic mass is 9.88. The van der Waals surface area contributed by atoms with Crippen LogP contribution < -0.4 is 5.32 Å². The van der Waals surface area contributed by atoms with E-state index < -0.39 is 0 Å². The van der Waals surface area contributed by atoms with Crippen LogP contribution in [0.15, 0.2) is 47.8 Å². The number of aromatic nitrogens is 2. The zero-order valence-corrected chi connectivity index (χ0v) is 13.9. The van der Waals surface area contributed by atoms with Gasteiger partial charge in [-0.05, 0) is 37.1 Å². The standard InChI is InChI=1S/C18H21N3OS/c22-17(14-7-2-1-3-8-14)21-16-10-6-12-20-18(16)23-13-15-9-4-5-11-19-15/h4-6,9-12,14H,1-3,7-8,13H2,(H,21,22). The summed E-state index contributed by atoms with van der Waals surface area (Å²) in [5, 5.41) is 3.92. The van der Waals surface area contributed by atoms with Crippen LogP contribution in [0.2, 0.25) is 0 Å². The van der Waals surface area contributed by atoms with Gasteiger partial charge in [0.05, 0.1) is 11.4 Å². The van der Waals surface area contributed by atoms with E-state index in [2.05, 4.69) is 15.3 Å². The molecular weight excluding hydrogens is 306 g/mol. The van der Waals surface area contributed by atoms with Gasteiger partial charge in [0.25, 0.3) is 0 Å². The Morgan fingerprint density at radius 3 is 2.70 bits per heavy atom. The number of rotatable bonds is 5. The van der Waals surface area contributed by atoms with Crippen LogP contribution in [-0.2, 0) is 10.5 Å². The molecule has 0 radical (unpaired) electrons. The van der Waals surface area contributed by atoms with Crippen LogP contribution in [0.3, 0.4) is 0 Å². The maximum atomic E-state index is 12.4. The second-order valence-electron chi connectivity index (χ2n) is 5.79. The molecule has 2 aromatic rings. The minimum absolute atomic E-state index is 0.136. The van der Waals surface area contributed by atoms with Crippen molar-refractivity contribution in [3.8, 4) is 0 Å². The quantitative estimate of drug-likeness (QED) is 0.833. The van der Waals surface area contributed by atoms with E-state index >= 15 is 0 Å². The molecule has 0 bridgehead atoms. The molecule has 0 unspecified atom stereocenters. The molecule has 4 nitrogen and oxygen atoms in total. The van der Waals surface area contributed by atoms with Gasteiger partial charge < -0.3 is 5.32 Å². The van der Waals surface area contributed by atoms with Crippen LogP contribution in [0.5, 0.6) is 0 Å². The predicted octanol–water partition coefficient (Wildman–Crippen LogP) is 4.29. The van der Waals surface area contributed by atoms with Crippen LogP contribution in [0, 0.1) is 5.92 Å². The maximum Gasteiger partial charge on any atom is 0.227 e. The molecule has 1 fully saturated rings. The van der Waals surface area contributed by atoms with E-state index in [1.54, 1.807) is 24.2 Å². The summed E-state index contributed by atoms with van der Waals surface area (Å²) in [5.74, 6) is 1.03. The molecular formula is C18H21N3OS. The first-order valence-electron chi connectivity index (χ1n) is 8.11. The van der Waals surface area contributed by atoms with E-state index in [0.717, 1.165) is 47.8 Å². The summed E-state index contributed by atoms with van der Waals surface area (Å²) in [5.41, 5.74) is 1.82. The number of thioether (sulfide) groups is 1. The fraction of sp³-hybridized carbons (Fsp3) is 0.389. The van der Waals surface area contributed by atoms with Crippen LogP contribution in [0.25, 0.3) is 0 Å². The minimum Gasteiger partial charge on any atom is -0.324 e. The molecule has 1 aliphatic rings. The van der Waals surface area contributed by atoms with Crippen molar-refractivity contribution in [2.75, 3.05) is 5.32 Å². The normalized spacial score (nSPS) is 15.3. The van der Waals surface area contributed by atoms with E-state index in [1.165, 1.54) is 6.42 Å². The molecule has 2 aromatic heterocycles. The van der Waals surface area contributed by atoms with E-state index in [9.17, 15) is 4.79 Å². The third kappa shape index (κ3) is 4.55. The molecule has 23 heavy (non-hydrogen) atoms. The number of hydrogen-bond acceptors (Lipinski definition) is 4. The van der Waals surface area contributed by atoms with Gasteiger partial charge in [0.2, 0.25) is 5.91 Å². The van der Waals surface area contributed by atoms with Gasteiger partial charge in [-0.2, -0.15) is 0 Å². The smallest absolute Gasteiger partial charge is 0.227 e. The Bertz CT molecular complexity index is 642. The molecule has 0 atom stereocenters. The third-order valence-corrected chi connectivity index (χ3v) is 5.13. The highest BCUT2D eigenvalue weighted by atomic mass is 32.2. The Hall–Kier alpha value is -1.88. The summed E-state index contributed by atoms with van der Waals surface area (Å²) < 4.78 is 0. The van der Waals surface area contributed by atoms with Gasteiger partial charge in [-0.15, -0.1) is 0 Å². The van der Waals surface area contributed by atoms with Crippen molar-refractivity contribution in [1.29, 1.82) is 0 Å². The SMILES string of the molecule is O=C(Nc1cccnc1SCc1ccccn1)C1CCCCC1. The van der Waals surface area contributed by atoms with Crippen LogP contribution in [0.1, 0.15) is 37.8 Å². The topological polar surface area (TPSA) is 54.9 Å². The second-order valence-corrected chi connectivity index (χ2v) is 6.75. The Morgan fingerprint density at radius 1 is 1.09 bits per heavy atom. The highest BCUT2D eigenvalue weighted by Gasteiger charge is 2.21. The van der Waals surface area contributed by atoms with Gasteiger partial charge in [0.15, 0.2) is 0 Å². The van der Waals surface area contributed by atoms with Gasteiger partial charge in [0, 0.05) is 24.1 Å². The average molecular weight is 327 g/mol. The molecule has 2 heterocycles. The predicted molar refractivity (Wildman–Crippen MR) is 93.2 cm³/mol. The Morgan fingerprint density at radius 2 is 1.91 bits per heavy atom. The van der Waals surface area contributed by atoms with Gasteiger partial charge in [0.1, 0.15) is 5.03 Å². The molecule has 1 amide bonds. The first kappa shape index (κ1) is 16.0. The van der Waals surface area contributed by atoms with Crippen LogP contribution in [0.4, 0.5) is 5.69 Å². The summed E-state index contributed by atoms with van der Waals surface area (Å²) in [6.45, 7) is 0. The van der Waals surface area contributed by atoms with Crippen molar-refractivity contribution >= 4 is 23.4 Å². The number of anilines is 1. The average Bonchev–Trinajstić information content (AvgIpc) is 2.62. The van der Waals surface area contributed by atoms with Gasteiger partial charge in [-0.1, -0.05) is 37.1 Å². The lowest BCUT2D eigenvalue weighted by molar-refractivity contribution is -0.120. The Labute approximate surface area is 141 Å². The van der Waals surface area contributed by atoms with Crippen molar-refractivity contribution in [1.82, 2.24) is 9.97 Å². The van der Waals surface area contributed by atoms with Crippen molar-refractivity contribution in [3.05, 3.63) is 48.4 Å². The van der Waals surface area contributed by atoms with Crippen molar-refractivity contribution in [3.63, 3.8) is 0 Å². The summed E-state index contributed by atoms with van der Waals surface area (Å²) >= 11 is 1.60. The number of carbonyl (C=O) groups is 1. The number of nitrogens with zero attached hydrogens (tertiary/aromatic N) is 2. The molecule has 0 aromatic carbocycles. The van der Waals surface area contributed by atoms with E-state index in [4.69, 9.17) is 0 Å². The molecule has 0 saturated heterocycles. The lowest BCUT2D eigenvalue weighted by Crippen LogP contribution is -2.25. The Balaban J connectivity index is 1.64. The Kier molecular flexibility index (Phi) is 5.64. The van der Waals surface area contributed by atoms with Gasteiger partial charge in [-0.25, -0.2) is 4.98 Å².